The lowest BCUT2D eigenvalue weighted by atomic mass is 10.0. The number of hydrogen-bond donors (Lipinski definition) is 0. The number of benzene rings is 9. The highest BCUT2D eigenvalue weighted by molar-refractivity contribution is 5.83. The van der Waals surface area contributed by atoms with Gasteiger partial charge in [-0.1, -0.05) is 176 Å². The molecule has 0 aliphatic rings. The molecule has 27 nitrogen and oxygen atoms in total. The smallest absolute Gasteiger partial charge is 0.269 e. The van der Waals surface area contributed by atoms with Crippen molar-refractivity contribution in [3.05, 3.63) is 452 Å². The van der Waals surface area contributed by atoms with E-state index in [2.05, 4.69) is 95.8 Å². The molecule has 0 N–H and O–H groups in total. The van der Waals surface area contributed by atoms with E-state index >= 15 is 0 Å². The molecule has 666 valence electrons. The first-order valence-corrected chi connectivity index (χ1v) is 44.2. The Labute approximate surface area is 824 Å². The van der Waals surface area contributed by atoms with E-state index in [0.29, 0.717) is 103 Å². The first kappa shape index (κ1) is 90.9. The molecule has 12 aromatic heterocycles. The predicted octanol–water partition coefficient (Wildman–Crippen LogP) is 25.1. The lowest BCUT2D eigenvalue weighted by Gasteiger charge is -2.11. The minimum atomic E-state index is 0.333. The van der Waals surface area contributed by atoms with Crippen molar-refractivity contribution in [1.82, 2.24) is 89.7 Å². The van der Waals surface area contributed by atoms with E-state index in [1.807, 2.05) is 243 Å². The number of rotatable bonds is 18. The van der Waals surface area contributed by atoms with Crippen molar-refractivity contribution < 1.29 is 0 Å². The Hall–Kier alpha value is -22.2. The average molecular weight is 1850 g/mol. The van der Waals surface area contributed by atoms with Gasteiger partial charge in [-0.05, 0) is 189 Å². The number of hydrogen-bond acceptors (Lipinski definition) is 24. The van der Waals surface area contributed by atoms with Gasteiger partial charge in [-0.2, -0.15) is 31.6 Å². The third kappa shape index (κ3) is 21.0. The Morgan fingerprint density at radius 3 is 0.556 bits per heavy atom. The summed E-state index contributed by atoms with van der Waals surface area (Å²) in [5.74, 6) is 4.57. The SMILES string of the molecule is [C-]#[N+]c1ccc(-c2cccc(-c3nc(-c4cccc(-c5ccc(C#N)nc5)c4)nc(-c4cccc(-c5ccc(C#N)nc5)c4)n3)c2)cn1.[C-]#[N+]c1cncc(-c2cccc(-c3nc(-c4cccc(-c5ccc(C#N)nc5)c4)nc(-c4cccc(-c5cncc(C#N)c5)c4)n3)c2)c1.[C-]#[N+]c1cncc(-c2cccc(-c3nc(-c4cccc(-c5cncc(C#N)c5)c4)nc(-c4cccc(-c5cncc(C#N)c5)c4)n3)c2)c1. The molecule has 0 saturated heterocycles. The van der Waals surface area contributed by atoms with Gasteiger partial charge in [0, 0.05) is 170 Å². The highest BCUT2D eigenvalue weighted by Crippen LogP contribution is 2.39. The van der Waals surface area contributed by atoms with Gasteiger partial charge in [0.25, 0.3) is 5.82 Å². The summed E-state index contributed by atoms with van der Waals surface area (Å²) in [6, 6.07) is 106. The van der Waals surface area contributed by atoms with Crippen LogP contribution in [0.2, 0.25) is 0 Å². The summed E-state index contributed by atoms with van der Waals surface area (Å²) < 4.78 is 0. The van der Waals surface area contributed by atoms with Crippen molar-refractivity contribution in [2.75, 3.05) is 0 Å². The molecule has 0 bridgehead atoms. The molecule has 21 aromatic rings. The summed E-state index contributed by atoms with van der Waals surface area (Å²) in [5.41, 5.74) is 25.7. The number of pyridine rings is 9. The van der Waals surface area contributed by atoms with Crippen LogP contribution < -0.4 is 0 Å². The Balaban J connectivity index is 0.000000137. The summed E-state index contributed by atoms with van der Waals surface area (Å²) in [4.78, 5) is 93.0. The topological polar surface area (TPSA) is 388 Å². The highest BCUT2D eigenvalue weighted by Gasteiger charge is 2.22. The maximum atomic E-state index is 9.40. The Kier molecular flexibility index (Phi) is 26.6. The molecule has 0 atom stereocenters. The Morgan fingerprint density at radius 1 is 0.167 bits per heavy atom. The molecule has 21 rings (SSSR count). The molecule has 0 aliphatic carbocycles. The fourth-order valence-corrected chi connectivity index (χ4v) is 15.6. The van der Waals surface area contributed by atoms with Crippen LogP contribution in [0.25, 0.3) is 217 Å². The van der Waals surface area contributed by atoms with Crippen LogP contribution in [0.5, 0.6) is 0 Å². The lowest BCUT2D eigenvalue weighted by molar-refractivity contribution is 1.07. The summed E-state index contributed by atoms with van der Waals surface area (Å²) in [5, 5.41) is 55.7. The van der Waals surface area contributed by atoms with Gasteiger partial charge in [0.15, 0.2) is 52.4 Å². The van der Waals surface area contributed by atoms with Gasteiger partial charge < -0.3 is 4.85 Å². The monoisotopic (exact) mass is 1850 g/mol. The molecular formula is C117H63N27. The van der Waals surface area contributed by atoms with Crippen molar-refractivity contribution in [3.8, 4) is 239 Å². The molecule has 27 heteroatoms. The number of nitriles is 6. The lowest BCUT2D eigenvalue weighted by Crippen LogP contribution is -2.00. The van der Waals surface area contributed by atoms with Gasteiger partial charge in [0.05, 0.1) is 29.8 Å². The van der Waals surface area contributed by atoms with Gasteiger partial charge in [-0.3, -0.25) is 24.9 Å². The van der Waals surface area contributed by atoms with Crippen LogP contribution in [0.3, 0.4) is 0 Å². The van der Waals surface area contributed by atoms with Crippen molar-refractivity contribution in [1.29, 1.82) is 31.6 Å². The molecular weight excluding hydrogens is 1780 g/mol. The van der Waals surface area contributed by atoms with E-state index in [4.69, 9.17) is 64.6 Å². The summed E-state index contributed by atoms with van der Waals surface area (Å²) in [6.45, 7) is 22.0. The maximum Gasteiger partial charge on any atom is 0.269 e. The van der Waals surface area contributed by atoms with Crippen molar-refractivity contribution >= 4 is 17.2 Å². The molecule has 0 saturated carbocycles. The molecule has 0 spiro atoms. The molecule has 9 aromatic carbocycles. The third-order valence-corrected chi connectivity index (χ3v) is 22.8. The van der Waals surface area contributed by atoms with E-state index in [1.54, 1.807) is 110 Å². The zero-order valence-electron chi connectivity index (χ0n) is 75.4. The van der Waals surface area contributed by atoms with E-state index in [1.165, 1.54) is 31.0 Å². The Morgan fingerprint density at radius 2 is 0.368 bits per heavy atom. The van der Waals surface area contributed by atoms with Gasteiger partial charge in [-0.15, -0.1) is 4.98 Å². The standard InChI is InChI=1S/3C39H21N9/c1-42-36-16-35(23-45-24-36)29-7-4-10-32(15-29)39-47-37(30-8-2-5-27(13-30)33-11-25(17-40)19-43-21-33)46-38(48-39)31-9-3-6-28(14-31)34-12-26(18-41)20-44-22-34;1-42-36-16-13-33(24-45-36)27-7-4-10-30(19-27)39-47-37(28-8-2-5-25(17-28)31-11-14-34(20-40)43-22-31)46-38(48-39)29-9-3-6-26(18-29)32-12-15-35(21-41)44-23-32;1-42-36-17-34(22-44-24-36)28-7-4-10-31(16-28)39-47-37(29-8-2-5-26(14-29)32-11-12-35(19-41)45-23-32)46-38(48-39)30-9-3-6-27(15-30)33-13-25(18-40)20-43-21-33/h2-16,19-24H;2-19,22-24H;2-17,20-24H. The van der Waals surface area contributed by atoms with Crippen molar-refractivity contribution in [3.63, 3.8) is 0 Å². The number of nitrogens with zero attached hydrogens (tertiary/aromatic N) is 27. The molecule has 12 heterocycles. The zero-order chi connectivity index (χ0) is 98.6. The largest absolute Gasteiger partial charge is 0.361 e. The van der Waals surface area contributed by atoms with E-state index in [0.717, 1.165) is 150 Å². The average Bonchev–Trinajstić information content (AvgIpc) is 0.789. The molecule has 0 radical (unpaired) electrons. The molecule has 144 heavy (non-hydrogen) atoms. The molecule has 0 fully saturated rings. The van der Waals surface area contributed by atoms with E-state index < -0.39 is 0 Å². The van der Waals surface area contributed by atoms with E-state index in [-0.39, 0.29) is 0 Å². The van der Waals surface area contributed by atoms with E-state index in [9.17, 15) is 31.6 Å². The van der Waals surface area contributed by atoms with Crippen LogP contribution in [-0.2, 0) is 0 Å². The summed E-state index contributed by atoms with van der Waals surface area (Å²) in [7, 11) is 0. The minimum Gasteiger partial charge on any atom is -0.361 e. The van der Waals surface area contributed by atoms with Crippen LogP contribution in [0.1, 0.15) is 33.8 Å². The van der Waals surface area contributed by atoms with Crippen molar-refractivity contribution in [2.24, 2.45) is 0 Å². The summed E-state index contributed by atoms with van der Waals surface area (Å²) >= 11 is 0. The van der Waals surface area contributed by atoms with Gasteiger partial charge in [0.1, 0.15) is 59.7 Å². The van der Waals surface area contributed by atoms with Gasteiger partial charge in [0.2, 0.25) is 11.4 Å². The number of aromatic nitrogens is 18. The third-order valence-electron chi connectivity index (χ3n) is 22.8. The summed E-state index contributed by atoms with van der Waals surface area (Å²) in [6.07, 6.45) is 23.0. The second kappa shape index (κ2) is 42.1. The first-order chi connectivity index (χ1) is 70.8. The second-order valence-corrected chi connectivity index (χ2v) is 32.1. The van der Waals surface area contributed by atoms with Crippen LogP contribution in [-0.4, -0.2) is 89.7 Å². The fourth-order valence-electron chi connectivity index (χ4n) is 15.6. The molecule has 0 aliphatic heterocycles. The maximum absolute atomic E-state index is 9.40. The van der Waals surface area contributed by atoms with Gasteiger partial charge in [-0.25, -0.2) is 69.5 Å². The zero-order valence-corrected chi connectivity index (χ0v) is 75.4. The second-order valence-electron chi connectivity index (χ2n) is 32.1. The Bertz CT molecular complexity index is 8290. The van der Waals surface area contributed by atoms with Crippen LogP contribution in [0.15, 0.2) is 384 Å². The molecule has 0 amide bonds. The predicted molar refractivity (Wildman–Crippen MR) is 545 cm³/mol. The normalized spacial score (nSPS) is 10.4. The van der Waals surface area contributed by atoms with Gasteiger partial charge >= 0.3 is 0 Å². The quantitative estimate of drug-likeness (QED) is 0.0720. The molecule has 0 unspecified atom stereocenters. The van der Waals surface area contributed by atoms with Crippen LogP contribution in [0.4, 0.5) is 17.2 Å². The minimum absolute atomic E-state index is 0.333. The van der Waals surface area contributed by atoms with Crippen LogP contribution >= 0.6 is 0 Å². The van der Waals surface area contributed by atoms with Crippen LogP contribution in [0, 0.1) is 87.7 Å². The fraction of sp³-hybridized carbons (Fsp3) is 0. The van der Waals surface area contributed by atoms with Crippen molar-refractivity contribution in [2.45, 2.75) is 0 Å². The highest BCUT2D eigenvalue weighted by atomic mass is 15.1. The first-order valence-electron chi connectivity index (χ1n) is 44.2.